The van der Waals surface area contributed by atoms with Crippen molar-refractivity contribution in [2.24, 2.45) is 0 Å². The van der Waals surface area contributed by atoms with Gasteiger partial charge < -0.3 is 5.32 Å². The van der Waals surface area contributed by atoms with Gasteiger partial charge in [0.2, 0.25) is 0 Å². The van der Waals surface area contributed by atoms with Gasteiger partial charge in [0.05, 0.1) is 0 Å². The van der Waals surface area contributed by atoms with Gasteiger partial charge >= 0.3 is 0 Å². The van der Waals surface area contributed by atoms with Crippen LogP contribution in [0.25, 0.3) is 0 Å². The quantitative estimate of drug-likeness (QED) is 0.727. The van der Waals surface area contributed by atoms with Crippen molar-refractivity contribution in [1.82, 2.24) is 9.97 Å². The monoisotopic (exact) mass is 183 g/mol. The van der Waals surface area contributed by atoms with E-state index in [2.05, 4.69) is 15.3 Å². The molecule has 0 fully saturated rings. The molecule has 1 heterocycles. The fourth-order valence-corrected chi connectivity index (χ4v) is 0.591. The van der Waals surface area contributed by atoms with E-state index in [1.807, 2.05) is 47.7 Å². The number of nitrogens with one attached hydrogen (secondary N) is 1. The predicted octanol–water partition coefficient (Wildman–Crippen LogP) is 2.88. The average molecular weight is 183 g/mol. The van der Waals surface area contributed by atoms with Gasteiger partial charge in [-0.2, -0.15) is 0 Å². The minimum atomic E-state index is 0.863. The van der Waals surface area contributed by atoms with Crippen molar-refractivity contribution in [2.75, 3.05) is 12.4 Å². The highest BCUT2D eigenvalue weighted by molar-refractivity contribution is 5.32. The SMILES string of the molecule is CC.CC.CNc1cc(C)ncn1. The summed E-state index contributed by atoms with van der Waals surface area (Å²) in [6.45, 7) is 9.93. The Balaban J connectivity index is 0. The lowest BCUT2D eigenvalue weighted by Crippen LogP contribution is -1.92. The Hall–Kier alpha value is -1.12. The number of nitrogens with zero attached hydrogens (tertiary/aromatic N) is 2. The third kappa shape index (κ3) is 7.25. The van der Waals surface area contributed by atoms with Crippen molar-refractivity contribution in [2.45, 2.75) is 34.6 Å². The number of hydrogen-bond donors (Lipinski definition) is 1. The first-order valence-electron chi connectivity index (χ1n) is 4.79. The van der Waals surface area contributed by atoms with Gasteiger partial charge in [0.25, 0.3) is 0 Å². The summed E-state index contributed by atoms with van der Waals surface area (Å²) in [5, 5.41) is 2.92. The molecule has 1 rings (SSSR count). The van der Waals surface area contributed by atoms with E-state index >= 15 is 0 Å². The van der Waals surface area contributed by atoms with Crippen LogP contribution in [0.2, 0.25) is 0 Å². The van der Waals surface area contributed by atoms with E-state index in [9.17, 15) is 0 Å². The molecule has 1 aromatic rings. The summed E-state index contributed by atoms with van der Waals surface area (Å²) >= 11 is 0. The molecule has 3 heteroatoms. The second-order valence-corrected chi connectivity index (χ2v) is 1.79. The Morgan fingerprint density at radius 3 is 1.92 bits per heavy atom. The molecule has 0 saturated carbocycles. The van der Waals surface area contributed by atoms with E-state index in [1.165, 1.54) is 0 Å². The van der Waals surface area contributed by atoms with Gasteiger partial charge in [0.1, 0.15) is 12.1 Å². The molecular weight excluding hydrogens is 162 g/mol. The van der Waals surface area contributed by atoms with E-state index < -0.39 is 0 Å². The minimum absolute atomic E-state index is 0.863. The largest absolute Gasteiger partial charge is 0.373 e. The number of hydrogen-bond acceptors (Lipinski definition) is 3. The molecule has 0 bridgehead atoms. The molecule has 0 saturated heterocycles. The van der Waals surface area contributed by atoms with Gasteiger partial charge in [-0.05, 0) is 6.92 Å². The zero-order valence-electron chi connectivity index (χ0n) is 9.55. The maximum Gasteiger partial charge on any atom is 0.129 e. The van der Waals surface area contributed by atoms with E-state index in [0.29, 0.717) is 0 Å². The summed E-state index contributed by atoms with van der Waals surface area (Å²) in [6, 6.07) is 1.89. The highest BCUT2D eigenvalue weighted by Gasteiger charge is 1.87. The summed E-state index contributed by atoms with van der Waals surface area (Å²) in [6.07, 6.45) is 1.54. The summed E-state index contributed by atoms with van der Waals surface area (Å²) in [5.74, 6) is 0.863. The van der Waals surface area contributed by atoms with Gasteiger partial charge in [0.15, 0.2) is 0 Å². The summed E-state index contributed by atoms with van der Waals surface area (Å²) in [5.41, 5.74) is 0.981. The highest BCUT2D eigenvalue weighted by atomic mass is 15.0. The van der Waals surface area contributed by atoms with E-state index in [4.69, 9.17) is 0 Å². The first-order valence-corrected chi connectivity index (χ1v) is 4.79. The van der Waals surface area contributed by atoms with Crippen LogP contribution >= 0.6 is 0 Å². The van der Waals surface area contributed by atoms with Crippen LogP contribution in [0.3, 0.4) is 0 Å². The maximum absolute atomic E-state index is 3.94. The standard InChI is InChI=1S/C6H9N3.2C2H6/c1-5-3-6(7-2)9-4-8-5;2*1-2/h3-4H,1-2H3,(H,7,8,9);2*1-2H3. The van der Waals surface area contributed by atoms with Crippen molar-refractivity contribution in [3.05, 3.63) is 18.1 Å². The van der Waals surface area contributed by atoms with Crippen LogP contribution in [0.15, 0.2) is 12.4 Å². The number of aryl methyl sites for hydroxylation is 1. The lowest BCUT2D eigenvalue weighted by molar-refractivity contribution is 1.10. The zero-order chi connectivity index (χ0) is 10.7. The molecule has 76 valence electrons. The first-order chi connectivity index (χ1) is 6.33. The molecule has 0 unspecified atom stereocenters. The fraction of sp³-hybridized carbons (Fsp3) is 0.600. The Bertz CT molecular complexity index is 199. The van der Waals surface area contributed by atoms with Crippen molar-refractivity contribution >= 4 is 5.82 Å². The van der Waals surface area contributed by atoms with Gasteiger partial charge in [-0.3, -0.25) is 0 Å². The third-order valence-electron chi connectivity index (χ3n) is 1.06. The van der Waals surface area contributed by atoms with Crippen LogP contribution in [0.5, 0.6) is 0 Å². The Kier molecular flexibility index (Phi) is 12.1. The molecule has 0 aliphatic heterocycles. The van der Waals surface area contributed by atoms with Gasteiger partial charge in [0, 0.05) is 18.8 Å². The van der Waals surface area contributed by atoms with Crippen molar-refractivity contribution in [3.63, 3.8) is 0 Å². The number of aromatic nitrogens is 2. The first kappa shape index (κ1) is 14.4. The average Bonchev–Trinajstić information content (AvgIpc) is 2.24. The third-order valence-corrected chi connectivity index (χ3v) is 1.06. The van der Waals surface area contributed by atoms with Crippen LogP contribution in [-0.2, 0) is 0 Å². The van der Waals surface area contributed by atoms with Gasteiger partial charge in [-0.15, -0.1) is 0 Å². The van der Waals surface area contributed by atoms with E-state index in [0.717, 1.165) is 11.5 Å². The molecule has 0 spiro atoms. The summed E-state index contributed by atoms with van der Waals surface area (Å²) in [7, 11) is 1.84. The van der Waals surface area contributed by atoms with Crippen LogP contribution < -0.4 is 5.32 Å². The molecule has 0 aromatic carbocycles. The minimum Gasteiger partial charge on any atom is -0.373 e. The van der Waals surface area contributed by atoms with E-state index in [1.54, 1.807) is 6.33 Å². The molecule has 3 nitrogen and oxygen atoms in total. The molecule has 0 aliphatic rings. The summed E-state index contributed by atoms with van der Waals surface area (Å²) in [4.78, 5) is 7.87. The smallest absolute Gasteiger partial charge is 0.129 e. The highest BCUT2D eigenvalue weighted by Crippen LogP contribution is 1.99. The lowest BCUT2D eigenvalue weighted by Gasteiger charge is -1.96. The molecule has 1 aromatic heterocycles. The van der Waals surface area contributed by atoms with Crippen LogP contribution in [0.4, 0.5) is 5.82 Å². The maximum atomic E-state index is 3.94. The number of rotatable bonds is 1. The second-order valence-electron chi connectivity index (χ2n) is 1.79. The van der Waals surface area contributed by atoms with Crippen molar-refractivity contribution in [1.29, 1.82) is 0 Å². The lowest BCUT2D eigenvalue weighted by atomic mass is 10.4. The van der Waals surface area contributed by atoms with Gasteiger partial charge in [-0.25, -0.2) is 9.97 Å². The molecule has 13 heavy (non-hydrogen) atoms. The second kappa shape index (κ2) is 10.9. The molecule has 0 atom stereocenters. The topological polar surface area (TPSA) is 37.8 Å². The predicted molar refractivity (Wildman–Crippen MR) is 59.0 cm³/mol. The van der Waals surface area contributed by atoms with Gasteiger partial charge in [-0.1, -0.05) is 27.7 Å². The normalized spacial score (nSPS) is 7.23. The molecule has 0 aliphatic carbocycles. The molecule has 0 amide bonds. The van der Waals surface area contributed by atoms with Crippen LogP contribution in [0.1, 0.15) is 33.4 Å². The van der Waals surface area contributed by atoms with Crippen molar-refractivity contribution in [3.8, 4) is 0 Å². The molecular formula is C10H21N3. The summed E-state index contributed by atoms with van der Waals surface area (Å²) < 4.78 is 0. The van der Waals surface area contributed by atoms with Crippen LogP contribution in [-0.4, -0.2) is 17.0 Å². The Morgan fingerprint density at radius 1 is 1.08 bits per heavy atom. The fourth-order valence-electron chi connectivity index (χ4n) is 0.591. The Morgan fingerprint density at radius 2 is 1.62 bits per heavy atom. The molecule has 0 radical (unpaired) electrons. The molecule has 1 N–H and O–H groups in total. The Labute approximate surface area is 81.6 Å². The zero-order valence-corrected chi connectivity index (χ0v) is 9.55. The number of anilines is 1. The van der Waals surface area contributed by atoms with Crippen LogP contribution in [0, 0.1) is 6.92 Å². The van der Waals surface area contributed by atoms with E-state index in [-0.39, 0.29) is 0 Å². The van der Waals surface area contributed by atoms with Crippen molar-refractivity contribution < 1.29 is 0 Å².